The molecule has 0 aliphatic carbocycles. The Balaban J connectivity index is 0.000000399. The van der Waals surface area contributed by atoms with E-state index in [1.165, 1.54) is 16.7 Å². The van der Waals surface area contributed by atoms with Crippen LogP contribution in [0.15, 0.2) is 41.8 Å². The van der Waals surface area contributed by atoms with Gasteiger partial charge in [-0.05, 0) is 42.3 Å². The minimum atomic E-state index is 0.639. The first-order chi connectivity index (χ1) is 9.30. The lowest BCUT2D eigenvalue weighted by Gasteiger charge is -2.25. The molecule has 5 heteroatoms. The van der Waals surface area contributed by atoms with E-state index in [0.717, 1.165) is 26.2 Å². The fourth-order valence-electron chi connectivity index (χ4n) is 1.57. The molecule has 2 rings (SSSR count). The SMILES string of the molecule is C=CC=O.CNc1ccc(SN2CCNCC2)cc1. The lowest BCUT2D eigenvalue weighted by Crippen LogP contribution is -2.39. The molecular weight excluding hydrogens is 258 g/mol. The van der Waals surface area contributed by atoms with E-state index in [1.54, 1.807) is 0 Å². The average Bonchev–Trinajstić information content (AvgIpc) is 2.49. The Morgan fingerprint density at radius 2 is 1.89 bits per heavy atom. The number of carbonyl (C=O) groups is 1. The van der Waals surface area contributed by atoms with Crippen LogP contribution in [0.5, 0.6) is 0 Å². The van der Waals surface area contributed by atoms with Crippen LogP contribution >= 0.6 is 11.9 Å². The van der Waals surface area contributed by atoms with Crippen LogP contribution in [0.2, 0.25) is 0 Å². The molecule has 2 N–H and O–H groups in total. The van der Waals surface area contributed by atoms with Crippen LogP contribution < -0.4 is 10.6 Å². The zero-order valence-electron chi connectivity index (χ0n) is 11.3. The summed E-state index contributed by atoms with van der Waals surface area (Å²) in [7, 11) is 1.94. The van der Waals surface area contributed by atoms with Crippen LogP contribution in [0, 0.1) is 0 Å². The molecule has 104 valence electrons. The molecule has 0 aromatic heterocycles. The maximum absolute atomic E-state index is 9.06. The van der Waals surface area contributed by atoms with E-state index in [4.69, 9.17) is 4.79 Å². The van der Waals surface area contributed by atoms with Gasteiger partial charge in [0, 0.05) is 43.8 Å². The molecule has 1 fully saturated rings. The Morgan fingerprint density at radius 1 is 1.32 bits per heavy atom. The molecule has 0 bridgehead atoms. The normalized spacial score (nSPS) is 15.0. The first kappa shape index (κ1) is 15.8. The summed E-state index contributed by atoms with van der Waals surface area (Å²) in [5, 5.41) is 6.48. The Morgan fingerprint density at radius 3 is 2.37 bits per heavy atom. The molecule has 0 unspecified atom stereocenters. The number of aldehydes is 1. The maximum atomic E-state index is 9.06. The summed E-state index contributed by atoms with van der Waals surface area (Å²) in [5.74, 6) is 0. The van der Waals surface area contributed by atoms with Gasteiger partial charge in [0.05, 0.1) is 0 Å². The van der Waals surface area contributed by atoms with Gasteiger partial charge >= 0.3 is 0 Å². The molecule has 1 aromatic rings. The molecule has 0 spiro atoms. The van der Waals surface area contributed by atoms with Crippen LogP contribution in [0.4, 0.5) is 5.69 Å². The number of rotatable bonds is 4. The summed E-state index contributed by atoms with van der Waals surface area (Å²) >= 11 is 1.85. The quantitative estimate of drug-likeness (QED) is 0.501. The Kier molecular flexibility index (Phi) is 7.97. The van der Waals surface area contributed by atoms with Crippen molar-refractivity contribution in [1.29, 1.82) is 0 Å². The number of allylic oxidation sites excluding steroid dienone is 1. The van der Waals surface area contributed by atoms with Crippen molar-refractivity contribution in [2.45, 2.75) is 4.90 Å². The highest BCUT2D eigenvalue weighted by atomic mass is 32.2. The zero-order valence-corrected chi connectivity index (χ0v) is 12.1. The van der Waals surface area contributed by atoms with Gasteiger partial charge in [-0.15, -0.1) is 0 Å². The third kappa shape index (κ3) is 6.42. The summed E-state index contributed by atoms with van der Waals surface area (Å²) in [4.78, 5) is 10.4. The van der Waals surface area contributed by atoms with Crippen molar-refractivity contribution in [3.05, 3.63) is 36.9 Å². The predicted molar refractivity (Wildman–Crippen MR) is 82.5 cm³/mol. The second kappa shape index (κ2) is 9.61. The molecule has 19 heavy (non-hydrogen) atoms. The highest BCUT2D eigenvalue weighted by Gasteiger charge is 2.10. The van der Waals surface area contributed by atoms with E-state index in [9.17, 15) is 0 Å². The molecule has 0 amide bonds. The number of nitrogens with one attached hydrogen (secondary N) is 2. The van der Waals surface area contributed by atoms with Crippen molar-refractivity contribution in [3.63, 3.8) is 0 Å². The predicted octanol–water partition coefficient (Wildman–Crippen LogP) is 2.01. The van der Waals surface area contributed by atoms with Gasteiger partial charge in [-0.25, -0.2) is 4.31 Å². The number of piperazine rings is 1. The average molecular weight is 279 g/mol. The second-order valence-corrected chi connectivity index (χ2v) is 5.09. The summed E-state index contributed by atoms with van der Waals surface area (Å²) in [6.45, 7) is 7.56. The molecule has 1 aliphatic rings. The van der Waals surface area contributed by atoms with Crippen LogP contribution in [-0.2, 0) is 4.79 Å². The molecule has 1 aliphatic heterocycles. The van der Waals surface area contributed by atoms with E-state index in [1.807, 2.05) is 19.0 Å². The monoisotopic (exact) mass is 279 g/mol. The van der Waals surface area contributed by atoms with Crippen molar-refractivity contribution in [2.24, 2.45) is 0 Å². The van der Waals surface area contributed by atoms with Crippen molar-refractivity contribution < 1.29 is 4.79 Å². The fraction of sp³-hybridized carbons (Fsp3) is 0.357. The number of anilines is 1. The van der Waals surface area contributed by atoms with Gasteiger partial charge in [0.2, 0.25) is 0 Å². The molecule has 4 nitrogen and oxygen atoms in total. The van der Waals surface area contributed by atoms with Crippen LogP contribution in [0.1, 0.15) is 0 Å². The smallest absolute Gasteiger partial charge is 0.142 e. The number of nitrogens with zero attached hydrogens (tertiary/aromatic N) is 1. The van der Waals surface area contributed by atoms with E-state index < -0.39 is 0 Å². The first-order valence-electron chi connectivity index (χ1n) is 6.27. The highest BCUT2D eigenvalue weighted by molar-refractivity contribution is 7.97. The van der Waals surface area contributed by atoms with Crippen molar-refractivity contribution >= 4 is 23.9 Å². The van der Waals surface area contributed by atoms with Crippen molar-refractivity contribution in [1.82, 2.24) is 9.62 Å². The first-order valence-corrected chi connectivity index (χ1v) is 7.05. The summed E-state index contributed by atoms with van der Waals surface area (Å²) in [6.07, 6.45) is 1.83. The second-order valence-electron chi connectivity index (χ2n) is 3.92. The van der Waals surface area contributed by atoms with E-state index in [2.05, 4.69) is 45.8 Å². The third-order valence-corrected chi connectivity index (χ3v) is 3.66. The van der Waals surface area contributed by atoms with Crippen molar-refractivity contribution in [2.75, 3.05) is 38.5 Å². The molecule has 1 aromatic carbocycles. The molecule has 1 heterocycles. The Labute approximate surface area is 119 Å². The minimum Gasteiger partial charge on any atom is -0.388 e. The Hall–Kier alpha value is -1.30. The van der Waals surface area contributed by atoms with Gasteiger partial charge in [0.1, 0.15) is 6.29 Å². The number of benzene rings is 1. The van der Waals surface area contributed by atoms with Crippen LogP contribution in [-0.4, -0.2) is 43.8 Å². The molecule has 1 saturated heterocycles. The van der Waals surface area contributed by atoms with Gasteiger partial charge in [-0.1, -0.05) is 6.58 Å². The topological polar surface area (TPSA) is 44.4 Å². The highest BCUT2D eigenvalue weighted by Crippen LogP contribution is 2.23. The summed E-state index contributed by atoms with van der Waals surface area (Å²) in [6, 6.07) is 8.56. The lowest BCUT2D eigenvalue weighted by molar-refractivity contribution is -0.104. The zero-order chi connectivity index (χ0) is 13.9. The van der Waals surface area contributed by atoms with E-state index in [-0.39, 0.29) is 0 Å². The largest absolute Gasteiger partial charge is 0.388 e. The maximum Gasteiger partial charge on any atom is 0.142 e. The molecule has 0 radical (unpaired) electrons. The number of hydrogen-bond acceptors (Lipinski definition) is 5. The van der Waals surface area contributed by atoms with Gasteiger partial charge in [-0.3, -0.25) is 4.79 Å². The number of hydrogen-bond donors (Lipinski definition) is 2. The minimum absolute atomic E-state index is 0.639. The molecule has 0 saturated carbocycles. The van der Waals surface area contributed by atoms with Gasteiger partial charge in [0.15, 0.2) is 0 Å². The standard InChI is InChI=1S/C11H17N3S.C3H4O/c1-12-10-2-4-11(5-3-10)15-14-8-6-13-7-9-14;1-2-3-4/h2-5,12-13H,6-9H2,1H3;2-3H,1H2. The van der Waals surface area contributed by atoms with Crippen LogP contribution in [0.3, 0.4) is 0 Å². The third-order valence-electron chi connectivity index (χ3n) is 2.55. The summed E-state index contributed by atoms with van der Waals surface area (Å²) < 4.78 is 2.41. The molecule has 0 atom stereocenters. The van der Waals surface area contributed by atoms with Crippen LogP contribution in [0.25, 0.3) is 0 Å². The fourth-order valence-corrected chi connectivity index (χ4v) is 2.49. The van der Waals surface area contributed by atoms with Crippen molar-refractivity contribution in [3.8, 4) is 0 Å². The van der Waals surface area contributed by atoms with E-state index >= 15 is 0 Å². The van der Waals surface area contributed by atoms with Gasteiger partial charge < -0.3 is 10.6 Å². The molecular formula is C14H21N3OS. The van der Waals surface area contributed by atoms with Gasteiger partial charge in [0.25, 0.3) is 0 Å². The van der Waals surface area contributed by atoms with Gasteiger partial charge in [-0.2, -0.15) is 0 Å². The lowest BCUT2D eigenvalue weighted by atomic mass is 10.3. The number of carbonyl (C=O) groups excluding carboxylic acids is 1. The van der Waals surface area contributed by atoms with E-state index in [0.29, 0.717) is 6.29 Å². The Bertz CT molecular complexity index is 369. The summed E-state index contributed by atoms with van der Waals surface area (Å²) in [5.41, 5.74) is 1.17.